The first kappa shape index (κ1) is 20.6. The van der Waals surface area contributed by atoms with Gasteiger partial charge in [0.1, 0.15) is 0 Å². The summed E-state index contributed by atoms with van der Waals surface area (Å²) in [6, 6.07) is 11.7. The molecule has 0 bridgehead atoms. The van der Waals surface area contributed by atoms with Gasteiger partial charge in [-0.05, 0) is 74.7 Å². The maximum Gasteiger partial charge on any atom is 0.336 e. The molecule has 2 N–H and O–H groups in total. The van der Waals surface area contributed by atoms with Crippen molar-refractivity contribution in [3.8, 4) is 10.6 Å². The number of carboxylic acids is 1. The Kier molecular flexibility index (Phi) is 6.03. The monoisotopic (exact) mass is 435 g/mol. The van der Waals surface area contributed by atoms with Gasteiger partial charge < -0.3 is 10.4 Å². The number of fused-ring (bicyclic) bond motifs is 1. The lowest BCUT2D eigenvalue weighted by atomic mass is 9.80. The minimum Gasteiger partial charge on any atom is -0.478 e. The van der Waals surface area contributed by atoms with Crippen LogP contribution >= 0.6 is 11.3 Å². The van der Waals surface area contributed by atoms with Gasteiger partial charge in [0, 0.05) is 24.0 Å². The number of aromatic carboxylic acids is 1. The Labute approximate surface area is 187 Å². The Morgan fingerprint density at radius 2 is 1.97 bits per heavy atom. The van der Waals surface area contributed by atoms with Crippen molar-refractivity contribution in [2.24, 2.45) is 11.8 Å². The fourth-order valence-corrected chi connectivity index (χ4v) is 6.17. The molecule has 5 rings (SSSR count). The van der Waals surface area contributed by atoms with Gasteiger partial charge in [-0.15, -0.1) is 11.3 Å². The number of hydrogen-bond donors (Lipinski definition) is 2. The number of hydrogen-bond acceptors (Lipinski definition) is 5. The zero-order valence-corrected chi connectivity index (χ0v) is 18.5. The van der Waals surface area contributed by atoms with E-state index in [1.54, 1.807) is 11.3 Å². The third-order valence-corrected chi connectivity index (χ3v) is 7.81. The van der Waals surface area contributed by atoms with Gasteiger partial charge in [0.05, 0.1) is 21.7 Å². The van der Waals surface area contributed by atoms with Gasteiger partial charge in [0.25, 0.3) is 0 Å². The van der Waals surface area contributed by atoms with Crippen LogP contribution in [0.2, 0.25) is 0 Å². The number of thiophene rings is 1. The minimum absolute atomic E-state index is 0.415. The molecular formula is C25H29N3O2S. The lowest BCUT2D eigenvalue weighted by Crippen LogP contribution is -2.41. The largest absolute Gasteiger partial charge is 0.478 e. The highest BCUT2D eigenvalue weighted by molar-refractivity contribution is 7.13. The molecule has 0 amide bonds. The standard InChI is InChI=1S/C25H29N3O2S/c29-25(30)23-19-6-1-2-7-21(19)27-24(22-8-4-14-31-22)20(23)16-28-13-3-5-18(15-28)17-9-11-26-12-10-17/h1-2,4,6-8,14,17-18,26H,3,5,9-13,15-16H2,(H,29,30). The third kappa shape index (κ3) is 4.25. The summed E-state index contributed by atoms with van der Waals surface area (Å²) in [5, 5.41) is 16.5. The smallest absolute Gasteiger partial charge is 0.336 e. The summed E-state index contributed by atoms with van der Waals surface area (Å²) < 4.78 is 0. The van der Waals surface area contributed by atoms with Crippen LogP contribution in [-0.2, 0) is 6.54 Å². The number of nitrogens with zero attached hydrogens (tertiary/aromatic N) is 2. The fourth-order valence-electron chi connectivity index (χ4n) is 5.43. The van der Waals surface area contributed by atoms with Crippen LogP contribution in [0.5, 0.6) is 0 Å². The topological polar surface area (TPSA) is 65.5 Å². The zero-order valence-electron chi connectivity index (χ0n) is 17.7. The number of piperidine rings is 2. The van der Waals surface area contributed by atoms with E-state index >= 15 is 0 Å². The lowest BCUT2D eigenvalue weighted by Gasteiger charge is -2.39. The minimum atomic E-state index is -0.863. The van der Waals surface area contributed by atoms with Crippen LogP contribution in [0.1, 0.15) is 41.6 Å². The molecule has 2 aliphatic rings. The first-order valence-electron chi connectivity index (χ1n) is 11.3. The Balaban J connectivity index is 1.53. The van der Waals surface area contributed by atoms with Crippen molar-refractivity contribution in [3.05, 3.63) is 52.9 Å². The van der Waals surface area contributed by atoms with E-state index in [-0.39, 0.29) is 0 Å². The van der Waals surface area contributed by atoms with Gasteiger partial charge >= 0.3 is 5.97 Å². The average molecular weight is 436 g/mol. The predicted octanol–water partition coefficient (Wildman–Crippen LogP) is 4.87. The first-order valence-corrected chi connectivity index (χ1v) is 12.2. The van der Waals surface area contributed by atoms with Gasteiger partial charge in [-0.3, -0.25) is 4.90 Å². The van der Waals surface area contributed by atoms with Crippen LogP contribution in [0.4, 0.5) is 0 Å². The molecule has 2 saturated heterocycles. The molecule has 0 saturated carbocycles. The number of para-hydroxylation sites is 1. The normalized spacial score (nSPS) is 20.8. The van der Waals surface area contributed by atoms with Crippen molar-refractivity contribution in [2.45, 2.75) is 32.2 Å². The molecule has 1 atom stereocenters. The Hall–Kier alpha value is -2.28. The number of carboxylic acid groups (broad SMARTS) is 1. The molecule has 162 valence electrons. The summed E-state index contributed by atoms with van der Waals surface area (Å²) in [6.45, 7) is 4.98. The van der Waals surface area contributed by atoms with Crippen LogP contribution in [0.15, 0.2) is 41.8 Å². The van der Waals surface area contributed by atoms with Gasteiger partial charge in [0.15, 0.2) is 0 Å². The second-order valence-electron chi connectivity index (χ2n) is 8.84. The van der Waals surface area contributed by atoms with Crippen molar-refractivity contribution in [3.63, 3.8) is 0 Å². The van der Waals surface area contributed by atoms with Crippen molar-refractivity contribution >= 4 is 28.2 Å². The van der Waals surface area contributed by atoms with E-state index in [1.165, 1.54) is 25.7 Å². The highest BCUT2D eigenvalue weighted by atomic mass is 32.1. The van der Waals surface area contributed by atoms with Crippen LogP contribution in [0.3, 0.4) is 0 Å². The van der Waals surface area contributed by atoms with Crippen LogP contribution in [-0.4, -0.2) is 47.1 Å². The molecule has 0 aliphatic carbocycles. The van der Waals surface area contributed by atoms with Crippen molar-refractivity contribution in [1.82, 2.24) is 15.2 Å². The summed E-state index contributed by atoms with van der Waals surface area (Å²) in [5.74, 6) is 0.635. The maximum atomic E-state index is 12.5. The maximum absolute atomic E-state index is 12.5. The Morgan fingerprint density at radius 3 is 2.74 bits per heavy atom. The van der Waals surface area contributed by atoms with Crippen molar-refractivity contribution in [2.75, 3.05) is 26.2 Å². The van der Waals surface area contributed by atoms with E-state index in [2.05, 4.69) is 10.2 Å². The molecule has 2 aliphatic heterocycles. The van der Waals surface area contributed by atoms with Crippen molar-refractivity contribution < 1.29 is 9.90 Å². The number of benzene rings is 1. The number of nitrogens with one attached hydrogen (secondary N) is 1. The van der Waals surface area contributed by atoms with E-state index in [9.17, 15) is 9.90 Å². The highest BCUT2D eigenvalue weighted by Gasteiger charge is 2.30. The molecule has 2 fully saturated rings. The zero-order chi connectivity index (χ0) is 21.2. The molecule has 6 heteroatoms. The molecule has 0 spiro atoms. The molecule has 1 aromatic carbocycles. The molecule has 4 heterocycles. The molecule has 31 heavy (non-hydrogen) atoms. The predicted molar refractivity (Wildman–Crippen MR) is 126 cm³/mol. The summed E-state index contributed by atoms with van der Waals surface area (Å²) in [7, 11) is 0. The highest BCUT2D eigenvalue weighted by Crippen LogP contribution is 2.36. The van der Waals surface area contributed by atoms with E-state index in [4.69, 9.17) is 4.98 Å². The van der Waals surface area contributed by atoms with Gasteiger partial charge in [-0.2, -0.15) is 0 Å². The molecule has 3 aromatic rings. The van der Waals surface area contributed by atoms with Crippen LogP contribution < -0.4 is 5.32 Å². The van der Waals surface area contributed by atoms with E-state index < -0.39 is 5.97 Å². The van der Waals surface area contributed by atoms with Crippen LogP contribution in [0.25, 0.3) is 21.5 Å². The third-order valence-electron chi connectivity index (χ3n) is 6.94. The van der Waals surface area contributed by atoms with Gasteiger partial charge in [0.2, 0.25) is 0 Å². The van der Waals surface area contributed by atoms with E-state index in [1.807, 2.05) is 41.8 Å². The summed E-state index contributed by atoms with van der Waals surface area (Å²) in [6.07, 6.45) is 5.00. The Morgan fingerprint density at radius 1 is 1.13 bits per heavy atom. The summed E-state index contributed by atoms with van der Waals surface area (Å²) in [4.78, 5) is 20.9. The van der Waals surface area contributed by atoms with E-state index in [0.717, 1.165) is 59.1 Å². The molecule has 2 aromatic heterocycles. The lowest BCUT2D eigenvalue weighted by molar-refractivity contribution is 0.0694. The SMILES string of the molecule is O=C(O)c1c(CN2CCCC(C3CCNCC3)C2)c(-c2cccs2)nc2ccccc12. The van der Waals surface area contributed by atoms with Crippen molar-refractivity contribution in [1.29, 1.82) is 0 Å². The molecule has 1 unspecified atom stereocenters. The fraction of sp³-hybridized carbons (Fsp3) is 0.440. The average Bonchev–Trinajstić information content (AvgIpc) is 3.34. The molecule has 5 nitrogen and oxygen atoms in total. The molecular weight excluding hydrogens is 406 g/mol. The number of likely N-dealkylation sites (tertiary alicyclic amines) is 1. The van der Waals surface area contributed by atoms with Gasteiger partial charge in [-0.1, -0.05) is 24.3 Å². The van der Waals surface area contributed by atoms with E-state index in [0.29, 0.717) is 18.0 Å². The number of pyridine rings is 1. The first-order chi connectivity index (χ1) is 15.2. The number of carbonyl (C=O) groups is 1. The number of aromatic nitrogens is 1. The van der Waals surface area contributed by atoms with Gasteiger partial charge in [-0.25, -0.2) is 9.78 Å². The second-order valence-corrected chi connectivity index (χ2v) is 9.79. The summed E-state index contributed by atoms with van der Waals surface area (Å²) in [5.41, 5.74) is 2.85. The second kappa shape index (κ2) is 9.07. The summed E-state index contributed by atoms with van der Waals surface area (Å²) >= 11 is 1.62. The van der Waals surface area contributed by atoms with Crippen LogP contribution in [0, 0.1) is 11.8 Å². The Bertz CT molecular complexity index is 1060. The molecule has 0 radical (unpaired) electrons. The quantitative estimate of drug-likeness (QED) is 0.598. The number of rotatable bonds is 5.